The van der Waals surface area contributed by atoms with Gasteiger partial charge in [-0.3, -0.25) is 19.6 Å². The Morgan fingerprint density at radius 2 is 1.80 bits per heavy atom. The lowest BCUT2D eigenvalue weighted by molar-refractivity contribution is -0.129. The third-order valence-electron chi connectivity index (χ3n) is 3.11. The predicted molar refractivity (Wildman–Crippen MR) is 103 cm³/mol. The normalized spacial score (nSPS) is 9.16. The number of Topliss-reactive ketones (excluding diaryl/α,β-unsaturated/α-hetero) is 1. The summed E-state index contributed by atoms with van der Waals surface area (Å²) in [7, 11) is 1.84. The number of aldehydes is 1. The molecule has 1 aromatic carbocycles. The average molecular weight is 366 g/mol. The zero-order chi connectivity index (χ0) is 19.2. The summed E-state index contributed by atoms with van der Waals surface area (Å²) in [6.07, 6.45) is 3.30. The Labute approximate surface area is 152 Å². The lowest BCUT2D eigenvalue weighted by Crippen LogP contribution is -2.16. The standard InChI is InChI=1S/C10H10N2O2S.C4H6O2.C4H10/c1-11-7-2-3-8-6(4-7)5-9(15-8)10(13)12-14;1-2-4(6)3-5;1-3-4-2/h2-5,11,14H,1H3,(H,12,13);3H,2H2,1H3;3-4H2,1-2H3. The minimum atomic E-state index is -0.470. The first-order chi connectivity index (χ1) is 12.0. The van der Waals surface area contributed by atoms with Crippen molar-refractivity contribution < 1.29 is 19.6 Å². The summed E-state index contributed by atoms with van der Waals surface area (Å²) < 4.78 is 1.02. The van der Waals surface area contributed by atoms with E-state index in [4.69, 9.17) is 5.21 Å². The molecule has 0 saturated carbocycles. The van der Waals surface area contributed by atoms with E-state index in [0.717, 1.165) is 15.8 Å². The van der Waals surface area contributed by atoms with Crippen molar-refractivity contribution in [1.29, 1.82) is 0 Å². The van der Waals surface area contributed by atoms with Crippen molar-refractivity contribution in [2.45, 2.75) is 40.0 Å². The molecule has 138 valence electrons. The van der Waals surface area contributed by atoms with Gasteiger partial charge in [0.1, 0.15) is 0 Å². The lowest BCUT2D eigenvalue weighted by atomic mass is 10.2. The fourth-order valence-corrected chi connectivity index (χ4v) is 2.38. The van der Waals surface area contributed by atoms with Gasteiger partial charge in [0.25, 0.3) is 5.91 Å². The number of hydrogen-bond acceptors (Lipinski definition) is 6. The third kappa shape index (κ3) is 8.42. The smallest absolute Gasteiger partial charge is 0.284 e. The van der Waals surface area contributed by atoms with Crippen LogP contribution in [0.2, 0.25) is 0 Å². The van der Waals surface area contributed by atoms with E-state index >= 15 is 0 Å². The summed E-state index contributed by atoms with van der Waals surface area (Å²) in [6.45, 7) is 6.01. The molecule has 0 saturated heterocycles. The van der Waals surface area contributed by atoms with Crippen LogP contribution in [0.25, 0.3) is 10.1 Å². The van der Waals surface area contributed by atoms with E-state index in [1.807, 2.05) is 25.2 Å². The molecule has 0 aliphatic heterocycles. The molecule has 0 unspecified atom stereocenters. The van der Waals surface area contributed by atoms with Gasteiger partial charge in [-0.25, -0.2) is 5.48 Å². The number of hydrogen-bond donors (Lipinski definition) is 3. The largest absolute Gasteiger partial charge is 0.388 e. The minimum absolute atomic E-state index is 0.323. The van der Waals surface area contributed by atoms with E-state index < -0.39 is 5.91 Å². The number of ketones is 1. The number of carbonyl (C=O) groups excluding carboxylic acids is 3. The van der Waals surface area contributed by atoms with Crippen molar-refractivity contribution in [3.63, 3.8) is 0 Å². The fourth-order valence-electron chi connectivity index (χ4n) is 1.45. The number of unbranched alkanes of at least 4 members (excludes halogenated alkanes) is 1. The van der Waals surface area contributed by atoms with Crippen molar-refractivity contribution in [3.05, 3.63) is 29.1 Å². The molecule has 1 heterocycles. The van der Waals surface area contributed by atoms with Crippen molar-refractivity contribution >= 4 is 45.1 Å². The second-order valence-corrected chi connectivity index (χ2v) is 6.08. The number of amides is 1. The second-order valence-electron chi connectivity index (χ2n) is 4.99. The monoisotopic (exact) mass is 366 g/mol. The summed E-state index contributed by atoms with van der Waals surface area (Å²) in [6, 6.07) is 7.60. The van der Waals surface area contributed by atoms with Gasteiger partial charge < -0.3 is 5.32 Å². The highest BCUT2D eigenvalue weighted by Crippen LogP contribution is 2.27. The van der Waals surface area contributed by atoms with Crippen LogP contribution in [0.1, 0.15) is 49.7 Å². The summed E-state index contributed by atoms with van der Waals surface area (Å²) in [5, 5.41) is 12.5. The zero-order valence-electron chi connectivity index (χ0n) is 15.1. The molecule has 0 aliphatic carbocycles. The first-order valence-corrected chi connectivity index (χ1v) is 8.92. The maximum atomic E-state index is 11.2. The van der Waals surface area contributed by atoms with Gasteiger partial charge in [-0.1, -0.05) is 33.6 Å². The first-order valence-electron chi connectivity index (χ1n) is 8.10. The molecular formula is C18H26N2O4S. The van der Waals surface area contributed by atoms with Crippen molar-refractivity contribution in [3.8, 4) is 0 Å². The van der Waals surface area contributed by atoms with E-state index in [-0.39, 0.29) is 5.78 Å². The Morgan fingerprint density at radius 1 is 1.16 bits per heavy atom. The molecule has 0 atom stereocenters. The van der Waals surface area contributed by atoms with Crippen LogP contribution in [-0.2, 0) is 9.59 Å². The summed E-state index contributed by atoms with van der Waals surface area (Å²) >= 11 is 1.35. The van der Waals surface area contributed by atoms with Crippen LogP contribution in [0.15, 0.2) is 24.3 Å². The SMILES string of the molecule is CCC(=O)C=O.CCCC.CNc1ccc2sc(C(=O)NO)cc2c1. The molecule has 3 N–H and O–H groups in total. The maximum absolute atomic E-state index is 11.2. The lowest BCUT2D eigenvalue weighted by Gasteiger charge is -1.97. The Morgan fingerprint density at radius 3 is 2.20 bits per heavy atom. The van der Waals surface area contributed by atoms with Crippen LogP contribution < -0.4 is 10.8 Å². The summed E-state index contributed by atoms with van der Waals surface area (Å²) in [5.41, 5.74) is 2.62. The Kier molecular flexibility index (Phi) is 11.9. The Balaban J connectivity index is 0.000000481. The van der Waals surface area contributed by atoms with Gasteiger partial charge in [0.2, 0.25) is 0 Å². The van der Waals surface area contributed by atoms with Gasteiger partial charge >= 0.3 is 0 Å². The number of hydroxylamine groups is 1. The van der Waals surface area contributed by atoms with Crippen LogP contribution in [0.3, 0.4) is 0 Å². The average Bonchev–Trinajstić information content (AvgIpc) is 3.10. The van der Waals surface area contributed by atoms with Gasteiger partial charge in [0, 0.05) is 23.9 Å². The molecular weight excluding hydrogens is 340 g/mol. The van der Waals surface area contributed by atoms with Crippen LogP contribution in [0, 0.1) is 0 Å². The highest BCUT2D eigenvalue weighted by Gasteiger charge is 2.08. The minimum Gasteiger partial charge on any atom is -0.388 e. The topological polar surface area (TPSA) is 95.5 Å². The Bertz CT molecular complexity index is 681. The number of anilines is 1. The van der Waals surface area contributed by atoms with E-state index in [9.17, 15) is 14.4 Å². The van der Waals surface area contributed by atoms with Crippen LogP contribution >= 0.6 is 11.3 Å². The van der Waals surface area contributed by atoms with E-state index in [1.54, 1.807) is 18.5 Å². The van der Waals surface area contributed by atoms with Gasteiger partial charge in [-0.2, -0.15) is 0 Å². The summed E-state index contributed by atoms with van der Waals surface area (Å²) in [5.74, 6) is -0.808. The molecule has 1 aromatic heterocycles. The van der Waals surface area contributed by atoms with Gasteiger partial charge in [0.15, 0.2) is 12.1 Å². The number of benzene rings is 1. The zero-order valence-corrected chi connectivity index (χ0v) is 15.9. The predicted octanol–water partition coefficient (Wildman–Crippen LogP) is 4.03. The van der Waals surface area contributed by atoms with Gasteiger partial charge in [-0.15, -0.1) is 11.3 Å². The molecule has 2 rings (SSSR count). The number of fused-ring (bicyclic) bond motifs is 1. The molecule has 25 heavy (non-hydrogen) atoms. The van der Waals surface area contributed by atoms with Gasteiger partial charge in [0.05, 0.1) is 4.88 Å². The molecule has 6 nitrogen and oxygen atoms in total. The number of rotatable bonds is 5. The summed E-state index contributed by atoms with van der Waals surface area (Å²) in [4.78, 5) is 30.9. The van der Waals surface area contributed by atoms with E-state index in [1.165, 1.54) is 24.2 Å². The first kappa shape index (κ1) is 22.8. The number of nitrogens with one attached hydrogen (secondary N) is 2. The van der Waals surface area contributed by atoms with E-state index in [0.29, 0.717) is 17.6 Å². The quantitative estimate of drug-likeness (QED) is 0.321. The third-order valence-corrected chi connectivity index (χ3v) is 4.23. The highest BCUT2D eigenvalue weighted by atomic mass is 32.1. The molecule has 0 radical (unpaired) electrons. The molecule has 0 spiro atoms. The molecule has 1 amide bonds. The molecule has 0 fully saturated rings. The Hall–Kier alpha value is -2.25. The van der Waals surface area contributed by atoms with E-state index in [2.05, 4.69) is 19.2 Å². The molecule has 2 aromatic rings. The van der Waals surface area contributed by atoms with Gasteiger partial charge in [-0.05, 0) is 29.7 Å². The van der Waals surface area contributed by atoms with Crippen molar-refractivity contribution in [2.75, 3.05) is 12.4 Å². The molecule has 7 heteroatoms. The highest BCUT2D eigenvalue weighted by molar-refractivity contribution is 7.20. The van der Waals surface area contributed by atoms with Crippen LogP contribution in [-0.4, -0.2) is 30.2 Å². The maximum Gasteiger partial charge on any atom is 0.284 e. The fraction of sp³-hybridized carbons (Fsp3) is 0.389. The van der Waals surface area contributed by atoms with Crippen LogP contribution in [0.4, 0.5) is 5.69 Å². The molecule has 0 bridgehead atoms. The van der Waals surface area contributed by atoms with Crippen molar-refractivity contribution in [2.24, 2.45) is 0 Å². The number of carbonyl (C=O) groups is 3. The number of thiophene rings is 1. The van der Waals surface area contributed by atoms with Crippen molar-refractivity contribution in [1.82, 2.24) is 5.48 Å². The molecule has 0 aliphatic rings. The van der Waals surface area contributed by atoms with Crippen LogP contribution in [0.5, 0.6) is 0 Å². The second kappa shape index (κ2) is 13.1.